The molecule has 2 aliphatic carbocycles. The van der Waals surface area contributed by atoms with Crippen LogP contribution in [-0.2, 0) is 9.47 Å². The predicted molar refractivity (Wildman–Crippen MR) is 68.4 cm³/mol. The summed E-state index contributed by atoms with van der Waals surface area (Å²) in [6.45, 7) is 0.436. The van der Waals surface area contributed by atoms with E-state index in [9.17, 15) is 0 Å². The number of ether oxygens (including phenoxy) is 2. The number of rotatable bonds is 6. The lowest BCUT2D eigenvalue weighted by molar-refractivity contribution is 0.188. The van der Waals surface area contributed by atoms with Gasteiger partial charge in [0, 0.05) is 13.2 Å². The third-order valence-corrected chi connectivity index (χ3v) is 5.41. The van der Waals surface area contributed by atoms with Gasteiger partial charge in [-0.1, -0.05) is 12.2 Å². The molecule has 1 saturated carbocycles. The van der Waals surface area contributed by atoms with Gasteiger partial charge in [0.25, 0.3) is 0 Å². The second kappa shape index (κ2) is 4.55. The predicted octanol–water partition coefficient (Wildman–Crippen LogP) is 0.724. The molecule has 2 aliphatic heterocycles. The zero-order valence-corrected chi connectivity index (χ0v) is 11.0. The first kappa shape index (κ1) is 12.3. The Kier molecular flexibility index (Phi) is 2.95. The van der Waals surface area contributed by atoms with Crippen LogP contribution in [0.15, 0.2) is 12.2 Å². The summed E-state index contributed by atoms with van der Waals surface area (Å²) in [6.07, 6.45) is 8.67. The zero-order chi connectivity index (χ0) is 13.0. The van der Waals surface area contributed by atoms with E-state index in [1.54, 1.807) is 0 Å². The first-order valence-corrected chi connectivity index (χ1v) is 7.54. The molecule has 106 valence electrons. The smallest absolute Gasteiger partial charge is 0.0880 e. The molecule has 2 bridgehead atoms. The highest BCUT2D eigenvalue weighted by Crippen LogP contribution is 2.58. The van der Waals surface area contributed by atoms with Crippen LogP contribution in [0, 0.1) is 23.7 Å². The Bertz CT molecular complexity index is 348. The minimum Gasteiger partial charge on any atom is -0.396 e. The van der Waals surface area contributed by atoms with Gasteiger partial charge < -0.3 is 19.7 Å². The summed E-state index contributed by atoms with van der Waals surface area (Å²) in [4.78, 5) is 0. The van der Waals surface area contributed by atoms with Gasteiger partial charge in [-0.2, -0.15) is 0 Å². The van der Waals surface area contributed by atoms with Crippen molar-refractivity contribution < 1.29 is 19.7 Å². The number of aliphatic hydroxyl groups is 2. The quantitative estimate of drug-likeness (QED) is 0.549. The number of epoxide rings is 2. The van der Waals surface area contributed by atoms with Gasteiger partial charge >= 0.3 is 0 Å². The van der Waals surface area contributed by atoms with Crippen LogP contribution in [0.2, 0.25) is 0 Å². The van der Waals surface area contributed by atoms with Gasteiger partial charge in [-0.25, -0.2) is 0 Å². The second-order valence-corrected chi connectivity index (χ2v) is 6.41. The summed E-state index contributed by atoms with van der Waals surface area (Å²) in [5.74, 6) is 2.42. The Morgan fingerprint density at radius 3 is 1.74 bits per heavy atom. The lowest BCUT2D eigenvalue weighted by Crippen LogP contribution is -2.30. The Labute approximate surface area is 113 Å². The summed E-state index contributed by atoms with van der Waals surface area (Å²) in [5, 5.41) is 18.0. The van der Waals surface area contributed by atoms with E-state index in [-0.39, 0.29) is 25.4 Å². The average Bonchev–Trinajstić information content (AvgIpc) is 3.26. The highest BCUT2D eigenvalue weighted by molar-refractivity contribution is 5.20. The lowest BCUT2D eigenvalue weighted by Gasteiger charge is -2.25. The molecule has 0 aromatic carbocycles. The van der Waals surface area contributed by atoms with Crippen molar-refractivity contribution >= 4 is 0 Å². The third-order valence-electron chi connectivity index (χ3n) is 5.41. The van der Waals surface area contributed by atoms with Gasteiger partial charge in [-0.3, -0.25) is 0 Å². The number of hydrogen-bond donors (Lipinski definition) is 2. The van der Waals surface area contributed by atoms with Gasteiger partial charge in [0.2, 0.25) is 0 Å². The Balaban J connectivity index is 1.46. The molecule has 2 saturated heterocycles. The summed E-state index contributed by atoms with van der Waals surface area (Å²) in [5.41, 5.74) is 0. The molecule has 0 unspecified atom stereocenters. The van der Waals surface area contributed by atoms with E-state index in [4.69, 9.17) is 19.7 Å². The van der Waals surface area contributed by atoms with Crippen LogP contribution in [0.4, 0.5) is 0 Å². The fraction of sp³-hybridized carbons (Fsp3) is 0.867. The second-order valence-electron chi connectivity index (χ2n) is 6.41. The van der Waals surface area contributed by atoms with E-state index in [2.05, 4.69) is 12.2 Å². The van der Waals surface area contributed by atoms with Crippen LogP contribution in [0.25, 0.3) is 0 Å². The number of hydrogen-bond acceptors (Lipinski definition) is 4. The fourth-order valence-electron chi connectivity index (χ4n) is 4.53. The first-order valence-electron chi connectivity index (χ1n) is 7.54. The molecular formula is C15H22O4. The molecule has 0 aromatic rings. The molecule has 3 fully saturated rings. The van der Waals surface area contributed by atoms with Crippen LogP contribution in [0.1, 0.15) is 19.3 Å². The van der Waals surface area contributed by atoms with Crippen molar-refractivity contribution in [1.82, 2.24) is 0 Å². The highest BCUT2D eigenvalue weighted by atomic mass is 16.6. The van der Waals surface area contributed by atoms with Crippen LogP contribution in [0.5, 0.6) is 0 Å². The maximum atomic E-state index is 9.02. The molecular weight excluding hydrogens is 244 g/mol. The van der Waals surface area contributed by atoms with Crippen LogP contribution < -0.4 is 0 Å². The van der Waals surface area contributed by atoms with E-state index >= 15 is 0 Å². The van der Waals surface area contributed by atoms with Crippen LogP contribution in [0.3, 0.4) is 0 Å². The Morgan fingerprint density at radius 1 is 0.842 bits per heavy atom. The number of allylic oxidation sites excluding steroid dienone is 2. The Hall–Kier alpha value is -0.420. The van der Waals surface area contributed by atoms with Gasteiger partial charge in [0.1, 0.15) is 0 Å². The molecule has 4 rings (SSSR count). The topological polar surface area (TPSA) is 65.5 Å². The van der Waals surface area contributed by atoms with Crippen molar-refractivity contribution in [3.8, 4) is 0 Å². The number of aliphatic hydroxyl groups excluding tert-OH is 2. The molecule has 0 radical (unpaired) electrons. The van der Waals surface area contributed by atoms with Crippen molar-refractivity contribution in [1.29, 1.82) is 0 Å². The average molecular weight is 266 g/mol. The van der Waals surface area contributed by atoms with E-state index in [1.165, 1.54) is 6.42 Å². The summed E-state index contributed by atoms with van der Waals surface area (Å²) < 4.78 is 11.6. The molecule has 4 nitrogen and oxygen atoms in total. The standard InChI is InChI=1S/C15H22O4/c16-5-3-10-14(18-10)12-8-1-2-9(7-8)13(12)15-11(19-15)4-6-17/h1-2,8-17H,3-7H2/t8-,9+,10-,11-,12-,13+,14-,15-/m1/s1. The third kappa shape index (κ3) is 1.97. The first-order chi connectivity index (χ1) is 9.33. The van der Waals surface area contributed by atoms with Crippen LogP contribution >= 0.6 is 0 Å². The normalized spacial score (nSPS) is 53.8. The minimum atomic E-state index is 0.218. The molecule has 0 amide bonds. The number of fused-ring (bicyclic) bond motifs is 2. The summed E-state index contributed by atoms with van der Waals surface area (Å²) in [7, 11) is 0. The molecule has 4 aliphatic rings. The van der Waals surface area contributed by atoms with Crippen molar-refractivity contribution in [2.45, 2.75) is 43.7 Å². The van der Waals surface area contributed by atoms with E-state index < -0.39 is 0 Å². The highest BCUT2D eigenvalue weighted by Gasteiger charge is 2.62. The largest absolute Gasteiger partial charge is 0.396 e. The van der Waals surface area contributed by atoms with Gasteiger partial charge in [0.15, 0.2) is 0 Å². The van der Waals surface area contributed by atoms with Crippen molar-refractivity contribution in [2.24, 2.45) is 23.7 Å². The van der Waals surface area contributed by atoms with Crippen molar-refractivity contribution in [2.75, 3.05) is 13.2 Å². The summed E-state index contributed by atoms with van der Waals surface area (Å²) >= 11 is 0. The maximum absolute atomic E-state index is 9.02. The van der Waals surface area contributed by atoms with E-state index in [1.807, 2.05) is 0 Å². The minimum absolute atomic E-state index is 0.218. The maximum Gasteiger partial charge on any atom is 0.0880 e. The fourth-order valence-corrected chi connectivity index (χ4v) is 4.53. The van der Waals surface area contributed by atoms with Crippen LogP contribution in [-0.4, -0.2) is 47.8 Å². The van der Waals surface area contributed by atoms with Gasteiger partial charge in [-0.15, -0.1) is 0 Å². The van der Waals surface area contributed by atoms with Gasteiger partial charge in [0.05, 0.1) is 24.4 Å². The van der Waals surface area contributed by atoms with Crippen molar-refractivity contribution in [3.63, 3.8) is 0 Å². The molecule has 0 spiro atoms. The van der Waals surface area contributed by atoms with Gasteiger partial charge in [-0.05, 0) is 42.9 Å². The monoisotopic (exact) mass is 266 g/mol. The van der Waals surface area contributed by atoms with E-state index in [0.717, 1.165) is 12.8 Å². The molecule has 0 aromatic heterocycles. The lowest BCUT2D eigenvalue weighted by atomic mass is 9.77. The molecule has 4 heteroatoms. The van der Waals surface area contributed by atoms with E-state index in [0.29, 0.717) is 35.9 Å². The molecule has 2 N–H and O–H groups in total. The summed E-state index contributed by atoms with van der Waals surface area (Å²) in [6, 6.07) is 0. The zero-order valence-electron chi connectivity index (χ0n) is 11.0. The molecule has 2 heterocycles. The van der Waals surface area contributed by atoms with Crippen molar-refractivity contribution in [3.05, 3.63) is 12.2 Å². The molecule has 19 heavy (non-hydrogen) atoms. The molecule has 8 atom stereocenters. The Morgan fingerprint density at radius 2 is 1.32 bits per heavy atom. The SMILES string of the molecule is OCC[C@H]1O[C@H]1[C@@H]1[C@H]([C@@H]2O[C@@H]2CCO)[C@@H]2C=C[C@H]1C2.